The predicted molar refractivity (Wildman–Crippen MR) is 77.0 cm³/mol. The van der Waals surface area contributed by atoms with Crippen molar-refractivity contribution in [1.29, 1.82) is 0 Å². The SMILES string of the molecule is CCOc1cc(CN)cc(Br)c1OCC1CNC(=O)O1. The Morgan fingerprint density at radius 1 is 1.50 bits per heavy atom. The molecule has 0 aliphatic carbocycles. The van der Waals surface area contributed by atoms with Crippen molar-refractivity contribution >= 4 is 22.0 Å². The third-order valence-electron chi connectivity index (χ3n) is 2.77. The number of rotatable bonds is 6. The van der Waals surface area contributed by atoms with E-state index in [1.54, 1.807) is 0 Å². The fourth-order valence-corrected chi connectivity index (χ4v) is 2.45. The normalized spacial score (nSPS) is 17.6. The Bertz CT molecular complexity index is 496. The lowest BCUT2D eigenvalue weighted by molar-refractivity contribution is 0.103. The molecule has 1 fully saturated rings. The summed E-state index contributed by atoms with van der Waals surface area (Å²) in [5, 5.41) is 2.58. The van der Waals surface area contributed by atoms with Gasteiger partial charge in [-0.2, -0.15) is 0 Å². The Morgan fingerprint density at radius 2 is 2.30 bits per heavy atom. The molecule has 110 valence electrons. The van der Waals surface area contributed by atoms with Crippen LogP contribution in [0.1, 0.15) is 12.5 Å². The summed E-state index contributed by atoms with van der Waals surface area (Å²) in [5.41, 5.74) is 6.59. The fraction of sp³-hybridized carbons (Fsp3) is 0.462. The molecule has 7 heteroatoms. The average molecular weight is 345 g/mol. The van der Waals surface area contributed by atoms with Crippen LogP contribution in [-0.4, -0.2) is 32.0 Å². The summed E-state index contributed by atoms with van der Waals surface area (Å²) >= 11 is 3.45. The topological polar surface area (TPSA) is 82.8 Å². The van der Waals surface area contributed by atoms with Gasteiger partial charge < -0.3 is 25.3 Å². The van der Waals surface area contributed by atoms with E-state index < -0.39 is 6.09 Å². The second-order valence-corrected chi connectivity index (χ2v) is 5.12. The van der Waals surface area contributed by atoms with Gasteiger partial charge in [-0.1, -0.05) is 0 Å². The number of amides is 1. The minimum atomic E-state index is -0.416. The van der Waals surface area contributed by atoms with Crippen molar-refractivity contribution in [3.05, 3.63) is 22.2 Å². The lowest BCUT2D eigenvalue weighted by Gasteiger charge is -2.16. The van der Waals surface area contributed by atoms with Crippen molar-refractivity contribution in [3.63, 3.8) is 0 Å². The maximum atomic E-state index is 10.9. The van der Waals surface area contributed by atoms with Crippen molar-refractivity contribution < 1.29 is 19.0 Å². The summed E-state index contributed by atoms with van der Waals surface area (Å²) in [6, 6.07) is 3.74. The molecule has 1 atom stereocenters. The molecule has 1 saturated heterocycles. The number of cyclic esters (lactones) is 1. The summed E-state index contributed by atoms with van der Waals surface area (Å²) in [6.45, 7) is 3.55. The molecule has 2 rings (SSSR count). The molecule has 3 N–H and O–H groups in total. The highest BCUT2D eigenvalue weighted by Crippen LogP contribution is 2.37. The molecule has 0 bridgehead atoms. The zero-order chi connectivity index (χ0) is 14.5. The van der Waals surface area contributed by atoms with E-state index in [9.17, 15) is 4.79 Å². The van der Waals surface area contributed by atoms with Gasteiger partial charge in [-0.3, -0.25) is 0 Å². The molecule has 0 spiro atoms. The van der Waals surface area contributed by atoms with Crippen LogP contribution < -0.4 is 20.5 Å². The molecular formula is C13H17BrN2O4. The van der Waals surface area contributed by atoms with Crippen molar-refractivity contribution in [2.75, 3.05) is 19.8 Å². The average Bonchev–Trinajstić information content (AvgIpc) is 2.83. The Hall–Kier alpha value is -1.47. The van der Waals surface area contributed by atoms with Crippen LogP contribution in [0.3, 0.4) is 0 Å². The number of hydrogen-bond donors (Lipinski definition) is 2. The Labute approximate surface area is 125 Å². The first-order valence-electron chi connectivity index (χ1n) is 6.36. The van der Waals surface area contributed by atoms with Crippen molar-refractivity contribution in [2.24, 2.45) is 5.73 Å². The van der Waals surface area contributed by atoms with Gasteiger partial charge in [-0.15, -0.1) is 0 Å². The van der Waals surface area contributed by atoms with Gasteiger partial charge in [0.05, 0.1) is 17.6 Å². The molecule has 1 aliphatic heterocycles. The predicted octanol–water partition coefficient (Wildman–Crippen LogP) is 1.79. The highest BCUT2D eigenvalue weighted by atomic mass is 79.9. The molecule has 1 aromatic carbocycles. The minimum absolute atomic E-state index is 0.263. The lowest BCUT2D eigenvalue weighted by atomic mass is 10.2. The smallest absolute Gasteiger partial charge is 0.407 e. The minimum Gasteiger partial charge on any atom is -0.490 e. The first-order valence-corrected chi connectivity index (χ1v) is 7.16. The van der Waals surface area contributed by atoms with Gasteiger partial charge in [0.1, 0.15) is 6.61 Å². The number of ether oxygens (including phenoxy) is 3. The quantitative estimate of drug-likeness (QED) is 0.822. The largest absolute Gasteiger partial charge is 0.490 e. The molecule has 20 heavy (non-hydrogen) atoms. The van der Waals surface area contributed by atoms with Crippen molar-refractivity contribution in [2.45, 2.75) is 19.6 Å². The summed E-state index contributed by atoms with van der Waals surface area (Å²) in [6.07, 6.45) is -0.709. The number of benzene rings is 1. The highest BCUT2D eigenvalue weighted by Gasteiger charge is 2.24. The van der Waals surface area contributed by atoms with Crippen molar-refractivity contribution in [1.82, 2.24) is 5.32 Å². The highest BCUT2D eigenvalue weighted by molar-refractivity contribution is 9.10. The number of hydrogen-bond acceptors (Lipinski definition) is 5. The maximum Gasteiger partial charge on any atom is 0.407 e. The summed E-state index contributed by atoms with van der Waals surface area (Å²) in [7, 11) is 0. The van der Waals surface area contributed by atoms with Gasteiger partial charge >= 0.3 is 6.09 Å². The van der Waals surface area contributed by atoms with E-state index in [1.165, 1.54) is 0 Å². The van der Waals surface area contributed by atoms with Gasteiger partial charge in [0.2, 0.25) is 0 Å². The molecule has 0 saturated carbocycles. The first kappa shape index (κ1) is 14.9. The van der Waals surface area contributed by atoms with Crippen LogP contribution in [-0.2, 0) is 11.3 Å². The number of nitrogens with two attached hydrogens (primary N) is 1. The Morgan fingerprint density at radius 3 is 2.90 bits per heavy atom. The number of alkyl carbamates (subject to hydrolysis) is 1. The summed E-state index contributed by atoms with van der Waals surface area (Å²) < 4.78 is 17.1. The lowest BCUT2D eigenvalue weighted by Crippen LogP contribution is -2.22. The fourth-order valence-electron chi connectivity index (χ4n) is 1.84. The zero-order valence-corrected chi connectivity index (χ0v) is 12.7. The Kier molecular flexibility index (Phi) is 5.08. The van der Waals surface area contributed by atoms with E-state index in [4.69, 9.17) is 19.9 Å². The van der Waals surface area contributed by atoms with E-state index >= 15 is 0 Å². The molecule has 1 heterocycles. The second-order valence-electron chi connectivity index (χ2n) is 4.26. The van der Waals surface area contributed by atoms with E-state index in [0.29, 0.717) is 31.2 Å². The molecule has 0 aromatic heterocycles. The van der Waals surface area contributed by atoms with Crippen LogP contribution >= 0.6 is 15.9 Å². The van der Waals surface area contributed by atoms with Gasteiger partial charge in [0.15, 0.2) is 17.6 Å². The van der Waals surface area contributed by atoms with Crippen LogP contribution in [0.2, 0.25) is 0 Å². The van der Waals surface area contributed by atoms with Crippen LogP contribution in [0.25, 0.3) is 0 Å². The van der Waals surface area contributed by atoms with Crippen LogP contribution in [0.4, 0.5) is 4.79 Å². The molecule has 6 nitrogen and oxygen atoms in total. The third-order valence-corrected chi connectivity index (χ3v) is 3.36. The van der Waals surface area contributed by atoms with E-state index in [2.05, 4.69) is 21.2 Å². The van der Waals surface area contributed by atoms with E-state index in [0.717, 1.165) is 10.0 Å². The standard InChI is InChI=1S/C13H17BrN2O4/c1-2-18-11-4-8(5-15)3-10(14)12(11)19-7-9-6-16-13(17)20-9/h3-4,9H,2,5-7,15H2,1H3,(H,16,17). The van der Waals surface area contributed by atoms with Gasteiger partial charge in [-0.25, -0.2) is 4.79 Å². The number of nitrogens with one attached hydrogen (secondary N) is 1. The van der Waals surface area contributed by atoms with E-state index in [1.807, 2.05) is 19.1 Å². The molecule has 1 unspecified atom stereocenters. The van der Waals surface area contributed by atoms with Gasteiger partial charge in [-0.05, 0) is 40.5 Å². The molecular weight excluding hydrogens is 328 g/mol. The monoisotopic (exact) mass is 344 g/mol. The Balaban J connectivity index is 2.10. The van der Waals surface area contributed by atoms with Crippen LogP contribution in [0.15, 0.2) is 16.6 Å². The van der Waals surface area contributed by atoms with Gasteiger partial charge in [0, 0.05) is 6.54 Å². The first-order chi connectivity index (χ1) is 9.63. The second kappa shape index (κ2) is 6.81. The number of carbonyl (C=O) groups is 1. The molecule has 1 aromatic rings. The van der Waals surface area contributed by atoms with Crippen LogP contribution in [0.5, 0.6) is 11.5 Å². The summed E-state index contributed by atoms with van der Waals surface area (Å²) in [4.78, 5) is 10.9. The number of halogens is 1. The molecule has 0 radical (unpaired) electrons. The third kappa shape index (κ3) is 3.55. The van der Waals surface area contributed by atoms with Crippen LogP contribution in [0, 0.1) is 0 Å². The van der Waals surface area contributed by atoms with Crippen molar-refractivity contribution in [3.8, 4) is 11.5 Å². The number of carbonyl (C=O) groups excluding carboxylic acids is 1. The molecule has 1 aliphatic rings. The van der Waals surface area contributed by atoms with E-state index in [-0.39, 0.29) is 12.7 Å². The zero-order valence-electron chi connectivity index (χ0n) is 11.1. The van der Waals surface area contributed by atoms with Gasteiger partial charge in [0.25, 0.3) is 0 Å². The summed E-state index contributed by atoms with van der Waals surface area (Å²) in [5.74, 6) is 1.21. The molecule has 1 amide bonds. The maximum absolute atomic E-state index is 10.9.